The maximum atomic E-state index is 14.1. The fourth-order valence-electron chi connectivity index (χ4n) is 3.08. The van der Waals surface area contributed by atoms with E-state index in [2.05, 4.69) is 14.9 Å². The summed E-state index contributed by atoms with van der Waals surface area (Å²) in [5.74, 6) is -1.05. The molecule has 1 aromatic heterocycles. The minimum Gasteiger partial charge on any atom is -0.465 e. The van der Waals surface area contributed by atoms with Crippen molar-refractivity contribution in [3.05, 3.63) is 35.5 Å². The number of ether oxygens (including phenoxy) is 3. The number of rotatable bonds is 5. The largest absolute Gasteiger partial charge is 0.465 e. The van der Waals surface area contributed by atoms with Gasteiger partial charge in [-0.25, -0.2) is 14.0 Å². The summed E-state index contributed by atoms with van der Waals surface area (Å²) in [5.41, 5.74) is -0.329. The third kappa shape index (κ3) is 6.00. The monoisotopic (exact) mass is 435 g/mol. The van der Waals surface area contributed by atoms with Gasteiger partial charge in [-0.05, 0) is 51.8 Å². The molecule has 168 valence electrons. The zero-order chi connectivity index (χ0) is 22.6. The molecule has 1 aliphatic heterocycles. The maximum Gasteiger partial charge on any atom is 0.410 e. The van der Waals surface area contributed by atoms with Crippen LogP contribution in [0.25, 0.3) is 11.4 Å². The van der Waals surface area contributed by atoms with Crippen LogP contribution in [-0.4, -0.2) is 59.0 Å². The van der Waals surface area contributed by atoms with Gasteiger partial charge in [0.1, 0.15) is 18.0 Å². The van der Waals surface area contributed by atoms with Crippen molar-refractivity contribution in [3.8, 4) is 11.4 Å². The van der Waals surface area contributed by atoms with E-state index in [9.17, 15) is 14.0 Å². The molecule has 1 aromatic carbocycles. The van der Waals surface area contributed by atoms with E-state index in [0.717, 1.165) is 6.07 Å². The second-order valence-corrected chi connectivity index (χ2v) is 8.18. The Balaban J connectivity index is 1.51. The molecule has 2 aromatic rings. The number of halogens is 1. The standard InChI is InChI=1S/C21H26FN3O6/c1-21(2,3)30-20(27)25-9-7-14(8-10-25)29-12-17-23-18(24-31-17)13-5-6-15(16(22)11-13)19(26)28-4/h5-6,11,14H,7-10,12H2,1-4H3. The van der Waals surface area contributed by atoms with E-state index in [1.807, 2.05) is 20.8 Å². The van der Waals surface area contributed by atoms with Crippen molar-refractivity contribution < 1.29 is 32.7 Å². The zero-order valence-electron chi connectivity index (χ0n) is 18.0. The molecular weight excluding hydrogens is 409 g/mol. The van der Waals surface area contributed by atoms with Gasteiger partial charge in [0.2, 0.25) is 5.82 Å². The molecule has 1 fully saturated rings. The first-order chi connectivity index (χ1) is 14.7. The Hall–Kier alpha value is -3.01. The number of piperidine rings is 1. The average Bonchev–Trinajstić information content (AvgIpc) is 3.20. The number of carbonyl (C=O) groups is 2. The first-order valence-corrected chi connectivity index (χ1v) is 9.96. The number of carbonyl (C=O) groups excluding carboxylic acids is 2. The van der Waals surface area contributed by atoms with Crippen LogP contribution in [0.2, 0.25) is 0 Å². The number of hydrogen-bond acceptors (Lipinski definition) is 8. The first kappa shape index (κ1) is 22.7. The highest BCUT2D eigenvalue weighted by molar-refractivity contribution is 5.90. The lowest BCUT2D eigenvalue weighted by Gasteiger charge is -2.33. The Bertz CT molecular complexity index is 931. The van der Waals surface area contributed by atoms with Crippen LogP contribution in [0.5, 0.6) is 0 Å². The Morgan fingerprint density at radius 2 is 1.97 bits per heavy atom. The summed E-state index contributed by atoms with van der Waals surface area (Å²) in [6.07, 6.45) is 0.963. The van der Waals surface area contributed by atoms with Crippen molar-refractivity contribution in [1.29, 1.82) is 0 Å². The molecule has 0 spiro atoms. The van der Waals surface area contributed by atoms with Gasteiger partial charge in [-0.1, -0.05) is 5.16 Å². The van der Waals surface area contributed by atoms with Crippen molar-refractivity contribution in [2.45, 2.75) is 51.9 Å². The van der Waals surface area contributed by atoms with Gasteiger partial charge in [0.15, 0.2) is 0 Å². The average molecular weight is 435 g/mol. The van der Waals surface area contributed by atoms with Crippen LogP contribution in [0.4, 0.5) is 9.18 Å². The van der Waals surface area contributed by atoms with Gasteiger partial charge >= 0.3 is 12.1 Å². The van der Waals surface area contributed by atoms with Gasteiger partial charge in [0.05, 0.1) is 18.8 Å². The Morgan fingerprint density at radius 1 is 1.26 bits per heavy atom. The normalized spacial score (nSPS) is 15.1. The van der Waals surface area contributed by atoms with E-state index in [4.69, 9.17) is 14.0 Å². The van der Waals surface area contributed by atoms with E-state index >= 15 is 0 Å². The molecule has 31 heavy (non-hydrogen) atoms. The van der Waals surface area contributed by atoms with Crippen LogP contribution in [-0.2, 0) is 20.8 Å². The third-order valence-electron chi connectivity index (χ3n) is 4.64. The second kappa shape index (κ2) is 9.42. The van der Waals surface area contributed by atoms with Crippen molar-refractivity contribution >= 4 is 12.1 Å². The summed E-state index contributed by atoms with van der Waals surface area (Å²) in [5, 5.41) is 3.84. The molecule has 1 aliphatic rings. The Morgan fingerprint density at radius 3 is 2.58 bits per heavy atom. The van der Waals surface area contributed by atoms with Crippen LogP contribution in [0, 0.1) is 5.82 Å². The van der Waals surface area contributed by atoms with Gasteiger partial charge in [0.25, 0.3) is 5.89 Å². The summed E-state index contributed by atoms with van der Waals surface area (Å²) >= 11 is 0. The summed E-state index contributed by atoms with van der Waals surface area (Å²) in [6.45, 7) is 6.69. The molecule has 0 saturated carbocycles. The minimum atomic E-state index is -0.760. The molecular formula is C21H26FN3O6. The van der Waals surface area contributed by atoms with Gasteiger partial charge < -0.3 is 23.6 Å². The zero-order valence-corrected chi connectivity index (χ0v) is 18.0. The maximum absolute atomic E-state index is 14.1. The van der Waals surface area contributed by atoms with Gasteiger partial charge in [-0.15, -0.1) is 0 Å². The number of benzene rings is 1. The first-order valence-electron chi connectivity index (χ1n) is 9.96. The molecule has 0 aliphatic carbocycles. The topological polar surface area (TPSA) is 104 Å². The fourth-order valence-corrected chi connectivity index (χ4v) is 3.08. The minimum absolute atomic E-state index is 0.0502. The second-order valence-electron chi connectivity index (χ2n) is 8.18. The fraction of sp³-hybridized carbons (Fsp3) is 0.524. The quantitative estimate of drug-likeness (QED) is 0.657. The predicted molar refractivity (Wildman–Crippen MR) is 107 cm³/mol. The molecule has 1 amide bonds. The Labute approximate surface area is 179 Å². The van der Waals surface area contributed by atoms with Gasteiger partial charge in [0, 0.05) is 18.7 Å². The molecule has 3 rings (SSSR count). The number of hydrogen-bond donors (Lipinski definition) is 0. The van der Waals surface area contributed by atoms with Gasteiger partial charge in [-0.2, -0.15) is 4.98 Å². The van der Waals surface area contributed by atoms with Crippen molar-refractivity contribution in [2.24, 2.45) is 0 Å². The lowest BCUT2D eigenvalue weighted by Crippen LogP contribution is -2.43. The highest BCUT2D eigenvalue weighted by atomic mass is 19.1. The van der Waals surface area contributed by atoms with Crippen molar-refractivity contribution in [3.63, 3.8) is 0 Å². The van der Waals surface area contributed by atoms with Crippen LogP contribution in [0.15, 0.2) is 22.7 Å². The Kier molecular flexibility index (Phi) is 6.89. The van der Waals surface area contributed by atoms with Crippen LogP contribution >= 0.6 is 0 Å². The van der Waals surface area contributed by atoms with Crippen molar-refractivity contribution in [1.82, 2.24) is 15.0 Å². The summed E-state index contributed by atoms with van der Waals surface area (Å²) in [6, 6.07) is 3.97. The molecule has 10 heteroatoms. The molecule has 0 radical (unpaired) electrons. The molecule has 0 N–H and O–H groups in total. The van der Waals surface area contributed by atoms with Crippen LogP contribution in [0.1, 0.15) is 49.9 Å². The smallest absolute Gasteiger partial charge is 0.410 e. The number of nitrogens with zero attached hydrogens (tertiary/aromatic N) is 3. The summed E-state index contributed by atoms with van der Waals surface area (Å²) in [7, 11) is 1.18. The van der Waals surface area contributed by atoms with Crippen LogP contribution < -0.4 is 0 Å². The number of esters is 1. The van der Waals surface area contributed by atoms with Gasteiger partial charge in [-0.3, -0.25) is 0 Å². The SMILES string of the molecule is COC(=O)c1ccc(-c2noc(COC3CCN(C(=O)OC(C)(C)C)CC3)n2)cc1F. The van der Waals surface area contributed by atoms with E-state index in [1.165, 1.54) is 19.2 Å². The molecule has 0 atom stereocenters. The third-order valence-corrected chi connectivity index (χ3v) is 4.64. The predicted octanol–water partition coefficient (Wildman–Crippen LogP) is 3.58. The summed E-state index contributed by atoms with van der Waals surface area (Å²) < 4.78 is 35.0. The van der Waals surface area contributed by atoms with E-state index in [-0.39, 0.29) is 36.1 Å². The number of likely N-dealkylation sites (tertiary alicyclic amines) is 1. The lowest BCUT2D eigenvalue weighted by molar-refractivity contribution is -0.0231. The molecule has 1 saturated heterocycles. The molecule has 0 unspecified atom stereocenters. The van der Waals surface area contributed by atoms with E-state index in [0.29, 0.717) is 31.5 Å². The highest BCUT2D eigenvalue weighted by Crippen LogP contribution is 2.22. The summed E-state index contributed by atoms with van der Waals surface area (Å²) in [4.78, 5) is 29.5. The van der Waals surface area contributed by atoms with E-state index in [1.54, 1.807) is 4.90 Å². The van der Waals surface area contributed by atoms with E-state index < -0.39 is 17.4 Å². The lowest BCUT2D eigenvalue weighted by atomic mass is 10.1. The molecule has 9 nitrogen and oxygen atoms in total. The van der Waals surface area contributed by atoms with Crippen molar-refractivity contribution in [2.75, 3.05) is 20.2 Å². The molecule has 2 heterocycles. The number of amides is 1. The van der Waals surface area contributed by atoms with Crippen LogP contribution in [0.3, 0.4) is 0 Å². The number of aromatic nitrogens is 2. The highest BCUT2D eigenvalue weighted by Gasteiger charge is 2.27. The molecule has 0 bridgehead atoms. The number of methoxy groups -OCH3 is 1.